The SMILES string of the molecule is Cc1cc(Cl)nc(Cl)c1NCc1cc(F)c(F)c(F)c1. The molecule has 106 valence electrons. The Bertz CT molecular complexity index is 616. The molecular weight excluding hydrogens is 312 g/mol. The largest absolute Gasteiger partial charge is 0.378 e. The monoisotopic (exact) mass is 320 g/mol. The minimum atomic E-state index is -1.49. The van der Waals surface area contributed by atoms with E-state index >= 15 is 0 Å². The zero-order chi connectivity index (χ0) is 14.9. The minimum Gasteiger partial charge on any atom is -0.378 e. The average molecular weight is 321 g/mol. The van der Waals surface area contributed by atoms with E-state index in [1.807, 2.05) is 0 Å². The molecule has 20 heavy (non-hydrogen) atoms. The number of benzene rings is 1. The maximum absolute atomic E-state index is 13.1. The van der Waals surface area contributed by atoms with Crippen molar-refractivity contribution in [2.75, 3.05) is 5.32 Å². The van der Waals surface area contributed by atoms with Crippen LogP contribution in [0.15, 0.2) is 18.2 Å². The Hall–Kier alpha value is -1.46. The fourth-order valence-corrected chi connectivity index (χ4v) is 2.31. The molecule has 0 saturated carbocycles. The number of anilines is 1. The van der Waals surface area contributed by atoms with Gasteiger partial charge < -0.3 is 5.32 Å². The van der Waals surface area contributed by atoms with Crippen molar-refractivity contribution in [1.82, 2.24) is 4.98 Å². The van der Waals surface area contributed by atoms with Crippen LogP contribution in [0.1, 0.15) is 11.1 Å². The summed E-state index contributed by atoms with van der Waals surface area (Å²) < 4.78 is 39.0. The number of rotatable bonds is 3. The van der Waals surface area contributed by atoms with Crippen molar-refractivity contribution in [1.29, 1.82) is 0 Å². The molecule has 0 atom stereocenters. The molecular formula is C13H9Cl2F3N2. The third-order valence-electron chi connectivity index (χ3n) is 2.65. The zero-order valence-electron chi connectivity index (χ0n) is 10.3. The molecule has 0 amide bonds. The third-order valence-corrected chi connectivity index (χ3v) is 3.12. The van der Waals surface area contributed by atoms with Crippen LogP contribution in [-0.2, 0) is 6.54 Å². The highest BCUT2D eigenvalue weighted by Gasteiger charge is 2.12. The maximum atomic E-state index is 13.1. The fraction of sp³-hybridized carbons (Fsp3) is 0.154. The zero-order valence-corrected chi connectivity index (χ0v) is 11.8. The molecule has 0 aliphatic rings. The van der Waals surface area contributed by atoms with Gasteiger partial charge in [0.2, 0.25) is 0 Å². The lowest BCUT2D eigenvalue weighted by Crippen LogP contribution is -2.05. The van der Waals surface area contributed by atoms with Crippen LogP contribution in [0.3, 0.4) is 0 Å². The van der Waals surface area contributed by atoms with E-state index in [4.69, 9.17) is 23.2 Å². The van der Waals surface area contributed by atoms with E-state index in [0.717, 1.165) is 17.7 Å². The van der Waals surface area contributed by atoms with Crippen molar-refractivity contribution in [2.45, 2.75) is 13.5 Å². The molecule has 0 unspecified atom stereocenters. The van der Waals surface area contributed by atoms with Crippen LogP contribution in [0.5, 0.6) is 0 Å². The van der Waals surface area contributed by atoms with Crippen molar-refractivity contribution >= 4 is 28.9 Å². The number of nitrogens with one attached hydrogen (secondary N) is 1. The molecule has 1 aromatic heterocycles. The smallest absolute Gasteiger partial charge is 0.194 e. The lowest BCUT2D eigenvalue weighted by atomic mass is 10.2. The highest BCUT2D eigenvalue weighted by molar-refractivity contribution is 6.34. The Morgan fingerprint density at radius 2 is 1.70 bits per heavy atom. The van der Waals surface area contributed by atoms with Gasteiger partial charge >= 0.3 is 0 Å². The highest BCUT2D eigenvalue weighted by atomic mass is 35.5. The van der Waals surface area contributed by atoms with Gasteiger partial charge in [-0.15, -0.1) is 0 Å². The van der Waals surface area contributed by atoms with Crippen LogP contribution in [0.4, 0.5) is 18.9 Å². The quantitative estimate of drug-likeness (QED) is 0.653. The number of halogens is 5. The Morgan fingerprint density at radius 3 is 2.25 bits per heavy atom. The van der Waals surface area contributed by atoms with E-state index in [9.17, 15) is 13.2 Å². The Morgan fingerprint density at radius 1 is 1.10 bits per heavy atom. The topological polar surface area (TPSA) is 24.9 Å². The summed E-state index contributed by atoms with van der Waals surface area (Å²) in [6, 6.07) is 3.43. The molecule has 0 aliphatic heterocycles. The predicted octanol–water partition coefficient (Wildman–Crippen LogP) is 4.73. The third kappa shape index (κ3) is 3.16. The molecule has 0 bridgehead atoms. The number of pyridine rings is 1. The predicted molar refractivity (Wildman–Crippen MR) is 72.6 cm³/mol. The summed E-state index contributed by atoms with van der Waals surface area (Å²) in [7, 11) is 0. The molecule has 7 heteroatoms. The first-order valence-corrected chi connectivity index (χ1v) is 6.34. The first kappa shape index (κ1) is 14.9. The lowest BCUT2D eigenvalue weighted by molar-refractivity contribution is 0.445. The second-order valence-electron chi connectivity index (χ2n) is 4.15. The molecule has 0 radical (unpaired) electrons. The van der Waals surface area contributed by atoms with Gasteiger partial charge in [0.25, 0.3) is 0 Å². The van der Waals surface area contributed by atoms with Crippen molar-refractivity contribution in [3.63, 3.8) is 0 Å². The fourth-order valence-electron chi connectivity index (χ4n) is 1.71. The Labute approximate surface area is 123 Å². The highest BCUT2D eigenvalue weighted by Crippen LogP contribution is 2.27. The molecule has 0 fully saturated rings. The van der Waals surface area contributed by atoms with Gasteiger partial charge in [0.15, 0.2) is 22.6 Å². The summed E-state index contributed by atoms with van der Waals surface area (Å²) in [5.74, 6) is -3.96. The summed E-state index contributed by atoms with van der Waals surface area (Å²) in [4.78, 5) is 3.86. The molecule has 0 spiro atoms. The molecule has 0 aliphatic carbocycles. The number of hydrogen-bond donors (Lipinski definition) is 1. The van der Waals surface area contributed by atoms with Crippen LogP contribution >= 0.6 is 23.2 Å². The van der Waals surface area contributed by atoms with Gasteiger partial charge in [-0.2, -0.15) is 0 Å². The normalized spacial score (nSPS) is 10.7. The molecule has 1 aromatic carbocycles. The van der Waals surface area contributed by atoms with Gasteiger partial charge in [0.05, 0.1) is 5.69 Å². The number of hydrogen-bond acceptors (Lipinski definition) is 2. The van der Waals surface area contributed by atoms with Gasteiger partial charge in [-0.25, -0.2) is 18.2 Å². The number of aryl methyl sites for hydroxylation is 1. The van der Waals surface area contributed by atoms with Crippen molar-refractivity contribution in [2.24, 2.45) is 0 Å². The molecule has 2 rings (SSSR count). The van der Waals surface area contributed by atoms with Gasteiger partial charge in [-0.05, 0) is 36.2 Å². The molecule has 2 nitrogen and oxygen atoms in total. The summed E-state index contributed by atoms with van der Waals surface area (Å²) in [5.41, 5.74) is 1.48. The van der Waals surface area contributed by atoms with E-state index in [0.29, 0.717) is 5.69 Å². The van der Waals surface area contributed by atoms with Gasteiger partial charge in [0, 0.05) is 6.54 Å². The molecule has 1 N–H and O–H groups in total. The first-order chi connectivity index (χ1) is 9.38. The van der Waals surface area contributed by atoms with E-state index in [2.05, 4.69) is 10.3 Å². The summed E-state index contributed by atoms with van der Waals surface area (Å²) >= 11 is 11.7. The minimum absolute atomic E-state index is 0.0675. The molecule has 0 saturated heterocycles. The Balaban J connectivity index is 2.21. The van der Waals surface area contributed by atoms with Gasteiger partial charge in [-0.3, -0.25) is 0 Å². The molecule has 1 heterocycles. The van der Waals surface area contributed by atoms with E-state index < -0.39 is 17.5 Å². The van der Waals surface area contributed by atoms with Gasteiger partial charge in [-0.1, -0.05) is 23.2 Å². The second kappa shape index (κ2) is 5.89. The van der Waals surface area contributed by atoms with Crippen molar-refractivity contribution in [3.8, 4) is 0 Å². The maximum Gasteiger partial charge on any atom is 0.194 e. The second-order valence-corrected chi connectivity index (χ2v) is 4.90. The van der Waals surface area contributed by atoms with E-state index in [-0.39, 0.29) is 22.4 Å². The van der Waals surface area contributed by atoms with Crippen molar-refractivity contribution in [3.05, 3.63) is 57.1 Å². The summed E-state index contributed by atoms with van der Waals surface area (Å²) in [6.45, 7) is 1.82. The number of aromatic nitrogens is 1. The first-order valence-electron chi connectivity index (χ1n) is 5.58. The Kier molecular flexibility index (Phi) is 4.40. The lowest BCUT2D eigenvalue weighted by Gasteiger charge is -2.11. The van der Waals surface area contributed by atoms with Crippen LogP contribution in [0, 0.1) is 24.4 Å². The average Bonchev–Trinajstić information content (AvgIpc) is 2.34. The van der Waals surface area contributed by atoms with Gasteiger partial charge in [0.1, 0.15) is 5.15 Å². The summed E-state index contributed by atoms with van der Waals surface area (Å²) in [6.07, 6.45) is 0. The van der Waals surface area contributed by atoms with E-state index in [1.165, 1.54) is 0 Å². The number of nitrogens with zero attached hydrogens (tertiary/aromatic N) is 1. The van der Waals surface area contributed by atoms with Crippen molar-refractivity contribution < 1.29 is 13.2 Å². The van der Waals surface area contributed by atoms with Crippen LogP contribution in [0.25, 0.3) is 0 Å². The summed E-state index contributed by atoms with van der Waals surface area (Å²) in [5, 5.41) is 3.29. The van der Waals surface area contributed by atoms with Crippen LogP contribution in [0.2, 0.25) is 10.3 Å². The van der Waals surface area contributed by atoms with Crippen LogP contribution < -0.4 is 5.32 Å². The van der Waals surface area contributed by atoms with E-state index in [1.54, 1.807) is 13.0 Å². The van der Waals surface area contributed by atoms with Crippen LogP contribution in [-0.4, -0.2) is 4.98 Å². The molecule has 2 aromatic rings. The standard InChI is InChI=1S/C13H9Cl2F3N2/c1-6-2-10(14)20-13(15)12(6)19-5-7-3-8(16)11(18)9(17)4-7/h2-4,19H,5H2,1H3.